The summed E-state index contributed by atoms with van der Waals surface area (Å²) >= 11 is 0. The molecule has 1 aromatic carbocycles. The number of hydrogen-bond donors (Lipinski definition) is 1. The van der Waals surface area contributed by atoms with Crippen molar-refractivity contribution >= 4 is 5.65 Å². The van der Waals surface area contributed by atoms with Crippen molar-refractivity contribution in [2.24, 2.45) is 5.73 Å². The van der Waals surface area contributed by atoms with Crippen LogP contribution in [0.15, 0.2) is 42.6 Å². The molecule has 0 fully saturated rings. The van der Waals surface area contributed by atoms with E-state index in [9.17, 15) is 0 Å². The Hall–Kier alpha value is -2.20. The number of benzene rings is 1. The van der Waals surface area contributed by atoms with Gasteiger partial charge in [0.05, 0.1) is 11.4 Å². The van der Waals surface area contributed by atoms with E-state index in [2.05, 4.69) is 22.2 Å². The molecule has 2 N–H and O–H groups in total. The van der Waals surface area contributed by atoms with Crippen molar-refractivity contribution in [2.75, 3.05) is 0 Å². The quantitative estimate of drug-likeness (QED) is 0.744. The molecule has 0 amide bonds. The fourth-order valence-electron chi connectivity index (χ4n) is 2.09. The van der Waals surface area contributed by atoms with Gasteiger partial charge in [-0.1, -0.05) is 18.2 Å². The molecule has 90 valence electrons. The fraction of sp³-hybridized carbons (Fsp3) is 0.143. The van der Waals surface area contributed by atoms with E-state index < -0.39 is 0 Å². The summed E-state index contributed by atoms with van der Waals surface area (Å²) < 4.78 is 1.87. The normalized spacial score (nSPS) is 11.0. The van der Waals surface area contributed by atoms with Gasteiger partial charge >= 0.3 is 0 Å². The number of aryl methyl sites for hydroxylation is 1. The average Bonchev–Trinajstić information content (AvgIpc) is 2.78. The summed E-state index contributed by atoms with van der Waals surface area (Å²) in [5.74, 6) is 0. The lowest BCUT2D eigenvalue weighted by atomic mass is 10.1. The topological polar surface area (TPSA) is 56.2 Å². The number of fused-ring (bicyclic) bond motifs is 1. The van der Waals surface area contributed by atoms with Crippen LogP contribution >= 0.6 is 0 Å². The van der Waals surface area contributed by atoms with Gasteiger partial charge in [0.25, 0.3) is 0 Å². The summed E-state index contributed by atoms with van der Waals surface area (Å²) in [6.07, 6.45) is 1.81. The summed E-state index contributed by atoms with van der Waals surface area (Å²) in [5, 5.41) is 4.47. The lowest BCUT2D eigenvalue weighted by Crippen LogP contribution is -1.98. The molecule has 3 aromatic rings. The van der Waals surface area contributed by atoms with Gasteiger partial charge in [-0.05, 0) is 24.6 Å². The second-order valence-corrected chi connectivity index (χ2v) is 4.29. The molecule has 0 aliphatic carbocycles. The van der Waals surface area contributed by atoms with Crippen LogP contribution in [0.1, 0.15) is 11.3 Å². The van der Waals surface area contributed by atoms with E-state index in [1.807, 2.05) is 35.7 Å². The molecule has 0 bridgehead atoms. The Morgan fingerprint density at radius 1 is 1.22 bits per heavy atom. The molecular weight excluding hydrogens is 224 g/mol. The van der Waals surface area contributed by atoms with Gasteiger partial charge in [0.2, 0.25) is 0 Å². The Kier molecular flexibility index (Phi) is 2.57. The Morgan fingerprint density at radius 2 is 2.11 bits per heavy atom. The van der Waals surface area contributed by atoms with E-state index in [4.69, 9.17) is 5.73 Å². The van der Waals surface area contributed by atoms with Crippen molar-refractivity contribution in [3.05, 3.63) is 53.9 Å². The monoisotopic (exact) mass is 238 g/mol. The van der Waals surface area contributed by atoms with Crippen LogP contribution in [0.4, 0.5) is 0 Å². The molecule has 0 radical (unpaired) electrons. The maximum Gasteiger partial charge on any atom is 0.155 e. The van der Waals surface area contributed by atoms with Crippen molar-refractivity contribution in [3.8, 4) is 11.3 Å². The van der Waals surface area contributed by atoms with Crippen molar-refractivity contribution in [1.29, 1.82) is 0 Å². The summed E-state index contributed by atoms with van der Waals surface area (Å²) in [7, 11) is 0. The van der Waals surface area contributed by atoms with Crippen LogP contribution in [0.25, 0.3) is 16.9 Å². The lowest BCUT2D eigenvalue weighted by molar-refractivity contribution is 0.924. The molecule has 4 nitrogen and oxygen atoms in total. The van der Waals surface area contributed by atoms with Gasteiger partial charge in [0.1, 0.15) is 0 Å². The molecule has 2 aromatic heterocycles. The maximum absolute atomic E-state index is 5.68. The highest BCUT2D eigenvalue weighted by molar-refractivity contribution is 5.63. The third-order valence-corrected chi connectivity index (χ3v) is 2.94. The van der Waals surface area contributed by atoms with Crippen LogP contribution < -0.4 is 5.73 Å². The van der Waals surface area contributed by atoms with Gasteiger partial charge in [0.15, 0.2) is 5.65 Å². The molecule has 0 spiro atoms. The molecule has 0 aliphatic heterocycles. The van der Waals surface area contributed by atoms with E-state index >= 15 is 0 Å². The lowest BCUT2D eigenvalue weighted by Gasteiger charge is -2.06. The Balaban J connectivity index is 2.24. The van der Waals surface area contributed by atoms with Crippen molar-refractivity contribution < 1.29 is 0 Å². The first-order valence-electron chi connectivity index (χ1n) is 5.89. The molecule has 4 heteroatoms. The first-order valence-corrected chi connectivity index (χ1v) is 5.89. The molecule has 3 rings (SSSR count). The zero-order valence-electron chi connectivity index (χ0n) is 10.2. The number of nitrogens with two attached hydrogens (primary N) is 1. The molecule has 0 unspecified atom stereocenters. The van der Waals surface area contributed by atoms with E-state index in [0.717, 1.165) is 28.2 Å². The molecule has 0 atom stereocenters. The smallest absolute Gasteiger partial charge is 0.155 e. The maximum atomic E-state index is 5.68. The van der Waals surface area contributed by atoms with Gasteiger partial charge in [-0.25, -0.2) is 9.50 Å². The van der Waals surface area contributed by atoms with Crippen LogP contribution in [0.2, 0.25) is 0 Å². The minimum Gasteiger partial charge on any atom is -0.326 e. The van der Waals surface area contributed by atoms with E-state index in [1.54, 1.807) is 6.20 Å². The molecule has 0 saturated heterocycles. The number of nitrogens with zero attached hydrogens (tertiary/aromatic N) is 3. The number of aromatic nitrogens is 3. The SMILES string of the molecule is Cc1cc2nccc(-c3cccc(CN)c3)n2n1. The zero-order chi connectivity index (χ0) is 12.5. The second-order valence-electron chi connectivity index (χ2n) is 4.29. The second kappa shape index (κ2) is 4.23. The highest BCUT2D eigenvalue weighted by Crippen LogP contribution is 2.21. The molecular formula is C14H14N4. The summed E-state index contributed by atoms with van der Waals surface area (Å²) in [6.45, 7) is 2.51. The minimum atomic E-state index is 0.542. The Bertz CT molecular complexity index is 700. The van der Waals surface area contributed by atoms with Gasteiger partial charge in [-0.2, -0.15) is 5.10 Å². The van der Waals surface area contributed by atoms with E-state index in [1.165, 1.54) is 0 Å². The number of rotatable bonds is 2. The number of hydrogen-bond acceptors (Lipinski definition) is 3. The van der Waals surface area contributed by atoms with Crippen LogP contribution in [-0.2, 0) is 6.54 Å². The molecule has 18 heavy (non-hydrogen) atoms. The summed E-state index contributed by atoms with van der Waals surface area (Å²) in [4.78, 5) is 4.31. The molecule has 0 saturated carbocycles. The van der Waals surface area contributed by atoms with Crippen molar-refractivity contribution in [1.82, 2.24) is 14.6 Å². The van der Waals surface area contributed by atoms with Gasteiger partial charge in [-0.15, -0.1) is 0 Å². The first kappa shape index (κ1) is 10.9. The van der Waals surface area contributed by atoms with Gasteiger partial charge in [0, 0.05) is 24.4 Å². The van der Waals surface area contributed by atoms with E-state index in [0.29, 0.717) is 6.54 Å². The highest BCUT2D eigenvalue weighted by Gasteiger charge is 2.06. The van der Waals surface area contributed by atoms with Crippen LogP contribution in [0.5, 0.6) is 0 Å². The van der Waals surface area contributed by atoms with Gasteiger partial charge < -0.3 is 5.73 Å². The van der Waals surface area contributed by atoms with Crippen molar-refractivity contribution in [2.45, 2.75) is 13.5 Å². The predicted molar refractivity (Wildman–Crippen MR) is 71.1 cm³/mol. The predicted octanol–water partition coefficient (Wildman–Crippen LogP) is 2.16. The van der Waals surface area contributed by atoms with Crippen molar-refractivity contribution in [3.63, 3.8) is 0 Å². The van der Waals surface area contributed by atoms with Crippen LogP contribution in [0, 0.1) is 6.92 Å². The first-order chi connectivity index (χ1) is 8.78. The minimum absolute atomic E-state index is 0.542. The van der Waals surface area contributed by atoms with E-state index in [-0.39, 0.29) is 0 Å². The molecule has 2 heterocycles. The standard InChI is InChI=1S/C14H14N4/c1-10-7-14-16-6-5-13(18(14)17-10)12-4-2-3-11(8-12)9-15/h2-8H,9,15H2,1H3. The Morgan fingerprint density at radius 3 is 2.94 bits per heavy atom. The van der Waals surface area contributed by atoms with Gasteiger partial charge in [-0.3, -0.25) is 0 Å². The summed E-state index contributed by atoms with van der Waals surface area (Å²) in [5.41, 5.74) is 10.8. The fourth-order valence-corrected chi connectivity index (χ4v) is 2.09. The van der Waals surface area contributed by atoms with Crippen LogP contribution in [0.3, 0.4) is 0 Å². The van der Waals surface area contributed by atoms with Crippen LogP contribution in [-0.4, -0.2) is 14.6 Å². The summed E-state index contributed by atoms with van der Waals surface area (Å²) in [6, 6.07) is 12.1. The average molecular weight is 238 g/mol. The molecule has 0 aliphatic rings. The third-order valence-electron chi connectivity index (χ3n) is 2.94. The largest absolute Gasteiger partial charge is 0.326 e. The Labute approximate surface area is 105 Å². The third kappa shape index (κ3) is 1.76. The highest BCUT2D eigenvalue weighted by atomic mass is 15.3. The zero-order valence-corrected chi connectivity index (χ0v) is 10.2.